The molecule has 3 aromatic rings. The average molecular weight is 374 g/mol. The van der Waals surface area contributed by atoms with Crippen LogP contribution in [0.5, 0.6) is 0 Å². The van der Waals surface area contributed by atoms with Gasteiger partial charge in [0, 0.05) is 43.2 Å². The predicted molar refractivity (Wildman–Crippen MR) is 114 cm³/mol. The van der Waals surface area contributed by atoms with Crippen molar-refractivity contribution in [3.63, 3.8) is 0 Å². The number of anilines is 1. The highest BCUT2D eigenvalue weighted by atomic mass is 16.3. The predicted octanol–water partition coefficient (Wildman–Crippen LogP) is 3.41. The Kier molecular flexibility index (Phi) is 4.75. The van der Waals surface area contributed by atoms with E-state index in [9.17, 15) is 5.11 Å². The second-order valence-corrected chi connectivity index (χ2v) is 8.03. The quantitative estimate of drug-likeness (QED) is 0.764. The maximum Gasteiger partial charge on any atom is 0.134 e. The molecule has 5 rings (SSSR count). The number of benzene rings is 2. The highest BCUT2D eigenvalue weighted by Crippen LogP contribution is 2.28. The lowest BCUT2D eigenvalue weighted by Gasteiger charge is -2.28. The van der Waals surface area contributed by atoms with Gasteiger partial charge in [-0.05, 0) is 42.5 Å². The monoisotopic (exact) mass is 373 g/mol. The molecule has 4 heteroatoms. The van der Waals surface area contributed by atoms with Crippen LogP contribution in [-0.4, -0.2) is 47.2 Å². The highest BCUT2D eigenvalue weighted by molar-refractivity contribution is 5.81. The Morgan fingerprint density at radius 3 is 2.43 bits per heavy atom. The van der Waals surface area contributed by atoms with Gasteiger partial charge in [-0.1, -0.05) is 42.5 Å². The lowest BCUT2D eigenvalue weighted by molar-refractivity contribution is 0.216. The second-order valence-electron chi connectivity index (χ2n) is 8.03. The first-order chi connectivity index (χ1) is 13.8. The Morgan fingerprint density at radius 1 is 0.893 bits per heavy atom. The summed E-state index contributed by atoms with van der Waals surface area (Å²) in [7, 11) is 0. The number of fused-ring (bicyclic) bond motifs is 2. The van der Waals surface area contributed by atoms with E-state index in [4.69, 9.17) is 4.98 Å². The van der Waals surface area contributed by atoms with Crippen LogP contribution >= 0.6 is 0 Å². The summed E-state index contributed by atoms with van der Waals surface area (Å²) in [5.41, 5.74) is 4.97. The van der Waals surface area contributed by atoms with Gasteiger partial charge in [-0.15, -0.1) is 0 Å². The third kappa shape index (κ3) is 3.27. The van der Waals surface area contributed by atoms with Crippen LogP contribution in [0, 0.1) is 0 Å². The molecule has 0 spiro atoms. The number of hydrogen-bond donors (Lipinski definition) is 1. The van der Waals surface area contributed by atoms with Gasteiger partial charge < -0.3 is 10.0 Å². The molecule has 1 aliphatic heterocycles. The molecule has 144 valence electrons. The smallest absolute Gasteiger partial charge is 0.134 e. The maximum atomic E-state index is 9.93. The maximum absolute atomic E-state index is 9.93. The van der Waals surface area contributed by atoms with E-state index in [0.29, 0.717) is 6.04 Å². The topological polar surface area (TPSA) is 39.6 Å². The van der Waals surface area contributed by atoms with Gasteiger partial charge in [0.05, 0.1) is 12.1 Å². The van der Waals surface area contributed by atoms with Gasteiger partial charge in [-0.3, -0.25) is 4.90 Å². The number of aliphatic hydroxyl groups excluding tert-OH is 1. The number of aliphatic hydroxyl groups is 1. The molecule has 0 atom stereocenters. The van der Waals surface area contributed by atoms with Gasteiger partial charge in [0.25, 0.3) is 0 Å². The highest BCUT2D eigenvalue weighted by Gasteiger charge is 2.28. The van der Waals surface area contributed by atoms with Gasteiger partial charge in [0.1, 0.15) is 5.82 Å². The van der Waals surface area contributed by atoms with Gasteiger partial charge in [0.15, 0.2) is 0 Å². The molecule has 1 fully saturated rings. The van der Waals surface area contributed by atoms with Crippen molar-refractivity contribution in [2.75, 3.05) is 31.1 Å². The Morgan fingerprint density at radius 2 is 1.64 bits per heavy atom. The molecule has 0 bridgehead atoms. The molecule has 0 radical (unpaired) electrons. The molecule has 1 aromatic heterocycles. The van der Waals surface area contributed by atoms with E-state index in [1.54, 1.807) is 0 Å². The first-order valence-corrected chi connectivity index (χ1v) is 10.4. The summed E-state index contributed by atoms with van der Waals surface area (Å²) in [4.78, 5) is 9.96. The van der Waals surface area contributed by atoms with E-state index in [-0.39, 0.29) is 6.61 Å². The van der Waals surface area contributed by atoms with Crippen molar-refractivity contribution in [3.05, 3.63) is 71.3 Å². The molecule has 28 heavy (non-hydrogen) atoms. The van der Waals surface area contributed by atoms with Gasteiger partial charge in [-0.2, -0.15) is 0 Å². The summed E-state index contributed by atoms with van der Waals surface area (Å²) in [5, 5.41) is 11.0. The second kappa shape index (κ2) is 7.53. The van der Waals surface area contributed by atoms with Gasteiger partial charge in [-0.25, -0.2) is 4.98 Å². The summed E-state index contributed by atoms with van der Waals surface area (Å²) < 4.78 is 0. The van der Waals surface area contributed by atoms with Crippen LogP contribution in [-0.2, 0) is 19.4 Å². The minimum absolute atomic E-state index is 0.0331. The number of pyridine rings is 1. The van der Waals surface area contributed by atoms with E-state index in [1.165, 1.54) is 24.0 Å². The van der Waals surface area contributed by atoms with Crippen molar-refractivity contribution in [2.45, 2.75) is 31.9 Å². The SMILES string of the molecule is OCc1cc2ccccc2nc1N1CCCN(C2Cc3ccccc3C2)CC1. The van der Waals surface area contributed by atoms with Crippen molar-refractivity contribution in [1.82, 2.24) is 9.88 Å². The molecule has 2 aromatic carbocycles. The van der Waals surface area contributed by atoms with E-state index >= 15 is 0 Å². The molecular formula is C24H27N3O. The molecule has 2 heterocycles. The number of para-hydroxylation sites is 1. The Labute approximate surface area is 166 Å². The number of hydrogen-bond acceptors (Lipinski definition) is 4. The Balaban J connectivity index is 1.34. The first-order valence-electron chi connectivity index (χ1n) is 10.4. The van der Waals surface area contributed by atoms with Crippen LogP contribution in [0.3, 0.4) is 0 Å². The molecule has 4 nitrogen and oxygen atoms in total. The fraction of sp³-hybridized carbons (Fsp3) is 0.375. The molecule has 1 N–H and O–H groups in total. The van der Waals surface area contributed by atoms with Crippen molar-refractivity contribution >= 4 is 16.7 Å². The van der Waals surface area contributed by atoms with Crippen molar-refractivity contribution < 1.29 is 5.11 Å². The lowest BCUT2D eigenvalue weighted by atomic mass is 10.1. The largest absolute Gasteiger partial charge is 0.392 e. The molecule has 2 aliphatic rings. The normalized spacial score (nSPS) is 18.4. The standard InChI is InChI=1S/C24H27N3O/c28-17-21-14-20-8-3-4-9-23(20)25-24(21)27-11-5-10-26(12-13-27)22-15-18-6-1-2-7-19(18)16-22/h1-4,6-9,14,22,28H,5,10-13,15-17H2. The van der Waals surface area contributed by atoms with Crippen LogP contribution in [0.25, 0.3) is 10.9 Å². The molecular weight excluding hydrogens is 346 g/mol. The van der Waals surface area contributed by atoms with E-state index < -0.39 is 0 Å². The zero-order valence-corrected chi connectivity index (χ0v) is 16.2. The molecule has 1 aliphatic carbocycles. The minimum Gasteiger partial charge on any atom is -0.392 e. The van der Waals surface area contributed by atoms with Gasteiger partial charge >= 0.3 is 0 Å². The Bertz CT molecular complexity index is 962. The first kappa shape index (κ1) is 17.7. The zero-order chi connectivity index (χ0) is 18.9. The number of rotatable bonds is 3. The van der Waals surface area contributed by atoms with E-state index in [1.807, 2.05) is 12.1 Å². The van der Waals surface area contributed by atoms with Crippen LogP contribution in [0.1, 0.15) is 23.1 Å². The van der Waals surface area contributed by atoms with Crippen LogP contribution in [0.15, 0.2) is 54.6 Å². The lowest BCUT2D eigenvalue weighted by Crippen LogP contribution is -2.39. The number of nitrogens with zero attached hydrogens (tertiary/aromatic N) is 3. The summed E-state index contributed by atoms with van der Waals surface area (Å²) in [6.45, 7) is 4.18. The minimum atomic E-state index is 0.0331. The van der Waals surface area contributed by atoms with E-state index in [0.717, 1.165) is 54.9 Å². The number of aromatic nitrogens is 1. The third-order valence-corrected chi connectivity index (χ3v) is 6.33. The fourth-order valence-electron chi connectivity index (χ4n) is 4.85. The summed E-state index contributed by atoms with van der Waals surface area (Å²) in [5.74, 6) is 0.956. The molecule has 0 amide bonds. The van der Waals surface area contributed by atoms with Gasteiger partial charge in [0.2, 0.25) is 0 Å². The summed E-state index contributed by atoms with van der Waals surface area (Å²) >= 11 is 0. The molecule has 0 unspecified atom stereocenters. The molecule has 0 saturated carbocycles. The van der Waals surface area contributed by atoms with Crippen LogP contribution < -0.4 is 4.90 Å². The van der Waals surface area contributed by atoms with Crippen LogP contribution in [0.4, 0.5) is 5.82 Å². The third-order valence-electron chi connectivity index (χ3n) is 6.33. The van der Waals surface area contributed by atoms with Crippen molar-refractivity contribution in [2.24, 2.45) is 0 Å². The van der Waals surface area contributed by atoms with Crippen molar-refractivity contribution in [1.29, 1.82) is 0 Å². The molecule has 1 saturated heterocycles. The summed E-state index contributed by atoms with van der Waals surface area (Å²) in [6, 6.07) is 19.8. The Hall–Kier alpha value is -2.43. The average Bonchev–Trinajstić information content (AvgIpc) is 3.02. The van der Waals surface area contributed by atoms with E-state index in [2.05, 4.69) is 52.3 Å². The van der Waals surface area contributed by atoms with Crippen molar-refractivity contribution in [3.8, 4) is 0 Å². The summed E-state index contributed by atoms with van der Waals surface area (Å²) in [6.07, 6.45) is 3.48. The van der Waals surface area contributed by atoms with Crippen LogP contribution in [0.2, 0.25) is 0 Å². The fourth-order valence-corrected chi connectivity index (χ4v) is 4.85. The zero-order valence-electron chi connectivity index (χ0n) is 16.2.